The van der Waals surface area contributed by atoms with E-state index >= 15 is 0 Å². The van der Waals surface area contributed by atoms with E-state index in [0.29, 0.717) is 19.5 Å². The Morgan fingerprint density at radius 3 is 2.27 bits per heavy atom. The van der Waals surface area contributed by atoms with Crippen LogP contribution >= 0.6 is 15.9 Å². The molecule has 0 aliphatic carbocycles. The summed E-state index contributed by atoms with van der Waals surface area (Å²) in [5.74, 6) is -0.249. The van der Waals surface area contributed by atoms with Crippen LogP contribution in [0.15, 0.2) is 53.0 Å². The van der Waals surface area contributed by atoms with Crippen LogP contribution in [-0.2, 0) is 12.8 Å². The summed E-state index contributed by atoms with van der Waals surface area (Å²) in [6.07, 6.45) is 1.45. The Morgan fingerprint density at radius 2 is 1.59 bits per heavy atom. The molecule has 116 valence electrons. The summed E-state index contributed by atoms with van der Waals surface area (Å²) in [6, 6.07) is 14.1. The van der Waals surface area contributed by atoms with Gasteiger partial charge in [0.2, 0.25) is 0 Å². The topological polar surface area (TPSA) is 41.1 Å². The van der Waals surface area contributed by atoms with E-state index in [0.717, 1.165) is 22.0 Å². The fourth-order valence-corrected chi connectivity index (χ4v) is 2.53. The van der Waals surface area contributed by atoms with Gasteiger partial charge in [0.05, 0.1) is 0 Å². The standard InChI is InChI=1S/C17H18BrFN2O/c18-16-4-2-1-3-14(16)10-12-21-17(22)20-11-9-13-5-7-15(19)8-6-13/h1-8H,9-12H2,(H2,20,21,22). The first-order chi connectivity index (χ1) is 10.6. The molecule has 0 bridgehead atoms. The highest BCUT2D eigenvalue weighted by molar-refractivity contribution is 9.10. The Hall–Kier alpha value is -1.88. The number of benzene rings is 2. The van der Waals surface area contributed by atoms with E-state index < -0.39 is 0 Å². The number of carbonyl (C=O) groups is 1. The van der Waals surface area contributed by atoms with Gasteiger partial charge < -0.3 is 10.6 Å². The van der Waals surface area contributed by atoms with E-state index in [-0.39, 0.29) is 11.8 Å². The maximum absolute atomic E-state index is 12.8. The van der Waals surface area contributed by atoms with Crippen LogP contribution in [0.25, 0.3) is 0 Å². The molecule has 0 unspecified atom stereocenters. The normalized spacial score (nSPS) is 10.3. The monoisotopic (exact) mass is 364 g/mol. The van der Waals surface area contributed by atoms with Crippen molar-refractivity contribution in [3.05, 3.63) is 69.9 Å². The van der Waals surface area contributed by atoms with Gasteiger partial charge in [0.15, 0.2) is 0 Å². The zero-order valence-corrected chi connectivity index (χ0v) is 13.7. The fraction of sp³-hybridized carbons (Fsp3) is 0.235. The molecule has 0 aromatic heterocycles. The lowest BCUT2D eigenvalue weighted by atomic mass is 10.1. The molecular formula is C17H18BrFN2O. The highest BCUT2D eigenvalue weighted by Crippen LogP contribution is 2.15. The summed E-state index contributed by atoms with van der Waals surface area (Å²) < 4.78 is 13.8. The molecule has 5 heteroatoms. The summed E-state index contributed by atoms with van der Waals surface area (Å²) in [4.78, 5) is 11.7. The van der Waals surface area contributed by atoms with Gasteiger partial charge in [0.25, 0.3) is 0 Å². The third kappa shape index (κ3) is 5.48. The second-order valence-electron chi connectivity index (χ2n) is 4.90. The highest BCUT2D eigenvalue weighted by Gasteiger charge is 2.02. The van der Waals surface area contributed by atoms with E-state index in [1.165, 1.54) is 12.1 Å². The quantitative estimate of drug-likeness (QED) is 0.806. The first-order valence-corrected chi connectivity index (χ1v) is 7.94. The molecule has 2 aromatic carbocycles. The van der Waals surface area contributed by atoms with Crippen molar-refractivity contribution in [1.29, 1.82) is 0 Å². The van der Waals surface area contributed by atoms with Gasteiger partial charge in [0.1, 0.15) is 5.82 Å². The van der Waals surface area contributed by atoms with Crippen LogP contribution in [0.5, 0.6) is 0 Å². The summed E-state index contributed by atoms with van der Waals surface area (Å²) in [6.45, 7) is 1.09. The third-order valence-electron chi connectivity index (χ3n) is 3.25. The number of carbonyl (C=O) groups excluding carboxylic acids is 1. The Balaban J connectivity index is 1.64. The molecule has 0 saturated carbocycles. The summed E-state index contributed by atoms with van der Waals surface area (Å²) in [5.41, 5.74) is 2.16. The third-order valence-corrected chi connectivity index (χ3v) is 4.02. The van der Waals surface area contributed by atoms with E-state index in [9.17, 15) is 9.18 Å². The van der Waals surface area contributed by atoms with E-state index in [2.05, 4.69) is 26.6 Å². The van der Waals surface area contributed by atoms with Gasteiger partial charge >= 0.3 is 6.03 Å². The zero-order chi connectivity index (χ0) is 15.8. The lowest BCUT2D eigenvalue weighted by molar-refractivity contribution is 0.241. The maximum atomic E-state index is 12.8. The molecule has 0 atom stereocenters. The Bertz CT molecular complexity index is 616. The Labute approximate surface area is 138 Å². The van der Waals surface area contributed by atoms with Crippen molar-refractivity contribution in [3.63, 3.8) is 0 Å². The SMILES string of the molecule is O=C(NCCc1ccc(F)cc1)NCCc1ccccc1Br. The minimum atomic E-state index is -0.249. The van der Waals surface area contributed by atoms with Crippen LogP contribution < -0.4 is 10.6 Å². The van der Waals surface area contributed by atoms with Crippen molar-refractivity contribution >= 4 is 22.0 Å². The van der Waals surface area contributed by atoms with Gasteiger partial charge in [-0.15, -0.1) is 0 Å². The first-order valence-electron chi connectivity index (χ1n) is 7.15. The predicted molar refractivity (Wildman–Crippen MR) is 89.4 cm³/mol. The number of urea groups is 1. The molecule has 2 aromatic rings. The van der Waals surface area contributed by atoms with Crippen LogP contribution in [0, 0.1) is 5.82 Å². The number of amides is 2. The number of nitrogens with one attached hydrogen (secondary N) is 2. The predicted octanol–water partition coefficient (Wildman–Crippen LogP) is 3.67. The van der Waals surface area contributed by atoms with Gasteiger partial charge in [0, 0.05) is 17.6 Å². The van der Waals surface area contributed by atoms with Crippen molar-refractivity contribution in [2.24, 2.45) is 0 Å². The fourth-order valence-electron chi connectivity index (χ4n) is 2.05. The van der Waals surface area contributed by atoms with Gasteiger partial charge in [-0.2, -0.15) is 0 Å². The molecule has 3 nitrogen and oxygen atoms in total. The molecule has 0 spiro atoms. The van der Waals surface area contributed by atoms with Crippen molar-refractivity contribution in [3.8, 4) is 0 Å². The van der Waals surface area contributed by atoms with Crippen molar-refractivity contribution < 1.29 is 9.18 Å². The van der Waals surface area contributed by atoms with Crippen LogP contribution in [0.1, 0.15) is 11.1 Å². The summed E-state index contributed by atoms with van der Waals surface area (Å²) in [7, 11) is 0. The summed E-state index contributed by atoms with van der Waals surface area (Å²) >= 11 is 3.48. The molecule has 0 radical (unpaired) electrons. The molecule has 2 amide bonds. The maximum Gasteiger partial charge on any atom is 0.314 e. The number of halogens is 2. The van der Waals surface area contributed by atoms with E-state index in [4.69, 9.17) is 0 Å². The number of rotatable bonds is 6. The number of hydrogen-bond acceptors (Lipinski definition) is 1. The highest BCUT2D eigenvalue weighted by atomic mass is 79.9. The molecule has 0 aliphatic heterocycles. The first kappa shape index (κ1) is 16.5. The van der Waals surface area contributed by atoms with Crippen LogP contribution in [-0.4, -0.2) is 19.1 Å². The molecule has 2 rings (SSSR count). The van der Waals surface area contributed by atoms with Gasteiger partial charge in [-0.3, -0.25) is 0 Å². The van der Waals surface area contributed by atoms with Gasteiger partial charge in [-0.25, -0.2) is 9.18 Å². The van der Waals surface area contributed by atoms with Crippen molar-refractivity contribution in [1.82, 2.24) is 10.6 Å². The number of hydrogen-bond donors (Lipinski definition) is 2. The van der Waals surface area contributed by atoms with Gasteiger partial charge in [-0.05, 0) is 42.2 Å². The summed E-state index contributed by atoms with van der Waals surface area (Å²) in [5, 5.41) is 5.61. The lowest BCUT2D eigenvalue weighted by Crippen LogP contribution is -2.37. The molecule has 0 aliphatic rings. The largest absolute Gasteiger partial charge is 0.338 e. The smallest absolute Gasteiger partial charge is 0.314 e. The Morgan fingerprint density at radius 1 is 0.955 bits per heavy atom. The van der Waals surface area contributed by atoms with Crippen molar-refractivity contribution in [2.45, 2.75) is 12.8 Å². The van der Waals surface area contributed by atoms with Crippen LogP contribution in [0.4, 0.5) is 9.18 Å². The van der Waals surface area contributed by atoms with Crippen LogP contribution in [0.2, 0.25) is 0 Å². The second kappa shape index (κ2) is 8.54. The zero-order valence-electron chi connectivity index (χ0n) is 12.1. The lowest BCUT2D eigenvalue weighted by Gasteiger charge is -2.08. The molecular weight excluding hydrogens is 347 g/mol. The van der Waals surface area contributed by atoms with E-state index in [1.54, 1.807) is 12.1 Å². The second-order valence-corrected chi connectivity index (χ2v) is 5.75. The molecule has 0 fully saturated rings. The van der Waals surface area contributed by atoms with Crippen molar-refractivity contribution in [2.75, 3.05) is 13.1 Å². The molecule has 0 saturated heterocycles. The molecule has 2 N–H and O–H groups in total. The minimum Gasteiger partial charge on any atom is -0.338 e. The molecule has 22 heavy (non-hydrogen) atoms. The minimum absolute atomic E-state index is 0.186. The molecule has 0 heterocycles. The van der Waals surface area contributed by atoms with Crippen LogP contribution in [0.3, 0.4) is 0 Å². The van der Waals surface area contributed by atoms with E-state index in [1.807, 2.05) is 24.3 Å². The van der Waals surface area contributed by atoms with Gasteiger partial charge in [-0.1, -0.05) is 46.3 Å². The average Bonchev–Trinajstić information content (AvgIpc) is 2.51. The average molecular weight is 365 g/mol. The Kier molecular flexibility index (Phi) is 6.40.